The average molecular weight is 255 g/mol. The van der Waals surface area contributed by atoms with Crippen LogP contribution in [0.3, 0.4) is 0 Å². The molecule has 0 aliphatic heterocycles. The summed E-state index contributed by atoms with van der Waals surface area (Å²) in [7, 11) is 0. The maximum atomic E-state index is 5.81. The molecule has 0 amide bonds. The van der Waals surface area contributed by atoms with Crippen molar-refractivity contribution in [1.29, 1.82) is 0 Å². The third-order valence-corrected chi connectivity index (χ3v) is 3.60. The molecule has 2 rings (SSSR count). The van der Waals surface area contributed by atoms with Gasteiger partial charge in [-0.3, -0.25) is 11.3 Å². The first-order valence-electron chi connectivity index (χ1n) is 6.12. The number of rotatable bonds is 6. The van der Waals surface area contributed by atoms with Crippen molar-refractivity contribution >= 4 is 11.6 Å². The molecular formula is C13H19ClN2O. The molecule has 1 aliphatic carbocycles. The Morgan fingerprint density at radius 1 is 1.35 bits per heavy atom. The van der Waals surface area contributed by atoms with Gasteiger partial charge in [-0.15, -0.1) is 0 Å². The molecule has 0 bridgehead atoms. The monoisotopic (exact) mass is 254 g/mol. The zero-order chi connectivity index (χ0) is 12.1. The summed E-state index contributed by atoms with van der Waals surface area (Å²) in [5, 5.41) is 0.723. The number of hydrogen-bond donors (Lipinski definition) is 2. The van der Waals surface area contributed by atoms with E-state index in [0.717, 1.165) is 23.1 Å². The molecule has 0 heterocycles. The highest BCUT2D eigenvalue weighted by Gasteiger charge is 2.21. The summed E-state index contributed by atoms with van der Waals surface area (Å²) in [5.41, 5.74) is 2.83. The molecule has 94 valence electrons. The highest BCUT2D eigenvalue weighted by Crippen LogP contribution is 2.30. The van der Waals surface area contributed by atoms with Crippen molar-refractivity contribution in [3.05, 3.63) is 29.3 Å². The second-order valence-electron chi connectivity index (χ2n) is 4.66. The molecule has 1 atom stereocenters. The maximum Gasteiger partial charge on any atom is 0.119 e. The van der Waals surface area contributed by atoms with Gasteiger partial charge in [0.1, 0.15) is 12.4 Å². The molecular weight excluding hydrogens is 236 g/mol. The Hall–Kier alpha value is -0.770. The number of hydrazine groups is 1. The lowest BCUT2D eigenvalue weighted by molar-refractivity contribution is 0.203. The molecule has 0 spiro atoms. The van der Waals surface area contributed by atoms with Crippen LogP contribution >= 0.6 is 11.6 Å². The topological polar surface area (TPSA) is 47.3 Å². The van der Waals surface area contributed by atoms with Crippen molar-refractivity contribution < 1.29 is 4.74 Å². The van der Waals surface area contributed by atoms with Crippen LogP contribution in [0.25, 0.3) is 0 Å². The fourth-order valence-electron chi connectivity index (χ4n) is 2.04. The third-order valence-electron chi connectivity index (χ3n) is 3.34. The molecule has 3 nitrogen and oxygen atoms in total. The zero-order valence-electron chi connectivity index (χ0n) is 9.86. The normalized spacial score (nSPS) is 17.5. The first-order valence-corrected chi connectivity index (χ1v) is 6.50. The van der Waals surface area contributed by atoms with Gasteiger partial charge in [-0.25, -0.2) is 0 Å². The summed E-state index contributed by atoms with van der Waals surface area (Å²) >= 11 is 5.81. The number of nitrogens with two attached hydrogens (primary N) is 1. The van der Waals surface area contributed by atoms with Gasteiger partial charge in [-0.1, -0.05) is 30.9 Å². The summed E-state index contributed by atoms with van der Waals surface area (Å²) in [6, 6.07) is 7.64. The predicted molar refractivity (Wildman–Crippen MR) is 70.0 cm³/mol. The first-order chi connectivity index (χ1) is 8.28. The molecule has 0 radical (unpaired) electrons. The lowest BCUT2D eigenvalue weighted by Crippen LogP contribution is -2.41. The van der Waals surface area contributed by atoms with Gasteiger partial charge in [0.05, 0.1) is 6.04 Å². The second kappa shape index (κ2) is 6.24. The van der Waals surface area contributed by atoms with E-state index in [1.165, 1.54) is 19.3 Å². The van der Waals surface area contributed by atoms with Crippen LogP contribution in [0.1, 0.15) is 25.7 Å². The van der Waals surface area contributed by atoms with Gasteiger partial charge in [0, 0.05) is 5.02 Å². The van der Waals surface area contributed by atoms with Crippen LogP contribution in [0, 0.1) is 5.92 Å². The zero-order valence-corrected chi connectivity index (χ0v) is 10.6. The molecule has 1 aromatic carbocycles. The van der Waals surface area contributed by atoms with Crippen molar-refractivity contribution in [2.45, 2.75) is 31.7 Å². The highest BCUT2D eigenvalue weighted by molar-refractivity contribution is 6.30. The lowest BCUT2D eigenvalue weighted by Gasteiger charge is -2.29. The highest BCUT2D eigenvalue weighted by atomic mass is 35.5. The minimum Gasteiger partial charge on any atom is -0.492 e. The number of hydrogen-bond acceptors (Lipinski definition) is 3. The van der Waals surface area contributed by atoms with Gasteiger partial charge < -0.3 is 4.74 Å². The van der Waals surface area contributed by atoms with E-state index in [9.17, 15) is 0 Å². The molecule has 1 unspecified atom stereocenters. The molecule has 3 N–H and O–H groups in total. The van der Waals surface area contributed by atoms with E-state index in [0.29, 0.717) is 6.61 Å². The second-order valence-corrected chi connectivity index (χ2v) is 5.10. The number of halogens is 1. The van der Waals surface area contributed by atoms with Crippen LogP contribution in [0.5, 0.6) is 5.75 Å². The minimum atomic E-state index is 0.232. The summed E-state index contributed by atoms with van der Waals surface area (Å²) < 4.78 is 5.68. The number of ether oxygens (including phenoxy) is 1. The van der Waals surface area contributed by atoms with E-state index in [1.54, 1.807) is 0 Å². The van der Waals surface area contributed by atoms with E-state index < -0.39 is 0 Å². The predicted octanol–water partition coefficient (Wildman–Crippen LogP) is 2.74. The van der Waals surface area contributed by atoms with E-state index >= 15 is 0 Å². The van der Waals surface area contributed by atoms with Gasteiger partial charge in [-0.2, -0.15) is 0 Å². The van der Waals surface area contributed by atoms with Crippen LogP contribution in [0.4, 0.5) is 0 Å². The minimum absolute atomic E-state index is 0.232. The van der Waals surface area contributed by atoms with Crippen molar-refractivity contribution in [2.75, 3.05) is 6.61 Å². The largest absolute Gasteiger partial charge is 0.492 e. The van der Waals surface area contributed by atoms with Crippen LogP contribution in [-0.4, -0.2) is 12.6 Å². The molecule has 1 saturated carbocycles. The van der Waals surface area contributed by atoms with E-state index in [1.807, 2.05) is 24.3 Å². The standard InChI is InChI=1S/C13H19ClN2O/c14-11-4-6-13(7-5-11)17-9-12(16-15)8-10-2-1-3-10/h4-7,10,12,16H,1-3,8-9,15H2. The summed E-state index contributed by atoms with van der Waals surface area (Å²) in [6.45, 7) is 0.606. The number of nitrogens with one attached hydrogen (secondary N) is 1. The fourth-order valence-corrected chi connectivity index (χ4v) is 2.17. The van der Waals surface area contributed by atoms with Crippen molar-refractivity contribution in [1.82, 2.24) is 5.43 Å². The molecule has 4 heteroatoms. The van der Waals surface area contributed by atoms with Gasteiger partial charge in [0.15, 0.2) is 0 Å². The van der Waals surface area contributed by atoms with Crippen LogP contribution < -0.4 is 16.0 Å². The summed E-state index contributed by atoms with van der Waals surface area (Å²) in [6.07, 6.45) is 5.13. The van der Waals surface area contributed by atoms with Crippen molar-refractivity contribution in [2.24, 2.45) is 11.8 Å². The van der Waals surface area contributed by atoms with Gasteiger partial charge >= 0.3 is 0 Å². The third kappa shape index (κ3) is 3.87. The maximum absolute atomic E-state index is 5.81. The van der Waals surface area contributed by atoms with Crippen LogP contribution in [0.2, 0.25) is 5.02 Å². The van der Waals surface area contributed by atoms with Crippen LogP contribution in [0.15, 0.2) is 24.3 Å². The average Bonchev–Trinajstić information content (AvgIpc) is 2.29. The SMILES string of the molecule is NNC(COc1ccc(Cl)cc1)CC1CCC1. The first kappa shape index (κ1) is 12.7. The lowest BCUT2D eigenvalue weighted by atomic mass is 9.81. The van der Waals surface area contributed by atoms with E-state index in [2.05, 4.69) is 5.43 Å². The molecule has 1 fully saturated rings. The quantitative estimate of drug-likeness (QED) is 0.606. The Balaban J connectivity index is 1.76. The molecule has 17 heavy (non-hydrogen) atoms. The van der Waals surface area contributed by atoms with Crippen molar-refractivity contribution in [3.63, 3.8) is 0 Å². The Bertz CT molecular complexity index is 338. The Morgan fingerprint density at radius 2 is 2.06 bits per heavy atom. The van der Waals surface area contributed by atoms with E-state index in [-0.39, 0.29) is 6.04 Å². The van der Waals surface area contributed by atoms with E-state index in [4.69, 9.17) is 22.2 Å². The van der Waals surface area contributed by atoms with Gasteiger partial charge in [0.2, 0.25) is 0 Å². The summed E-state index contributed by atoms with van der Waals surface area (Å²) in [5.74, 6) is 7.20. The Morgan fingerprint density at radius 3 is 2.59 bits per heavy atom. The molecule has 1 aromatic rings. The van der Waals surface area contributed by atoms with Gasteiger partial charge in [0.25, 0.3) is 0 Å². The van der Waals surface area contributed by atoms with Crippen LogP contribution in [-0.2, 0) is 0 Å². The fraction of sp³-hybridized carbons (Fsp3) is 0.538. The molecule has 0 saturated heterocycles. The number of benzene rings is 1. The molecule has 0 aromatic heterocycles. The Kier molecular flexibility index (Phi) is 4.66. The summed E-state index contributed by atoms with van der Waals surface area (Å²) in [4.78, 5) is 0. The molecule has 1 aliphatic rings. The van der Waals surface area contributed by atoms with Crippen molar-refractivity contribution in [3.8, 4) is 5.75 Å². The smallest absolute Gasteiger partial charge is 0.119 e. The Labute approximate surface area is 107 Å². The van der Waals surface area contributed by atoms with Gasteiger partial charge in [-0.05, 0) is 36.6 Å².